The maximum absolute atomic E-state index is 11.4. The summed E-state index contributed by atoms with van der Waals surface area (Å²) in [5, 5.41) is 0. The molecule has 0 fully saturated rings. The van der Waals surface area contributed by atoms with E-state index in [0.717, 1.165) is 13.0 Å². The average Bonchev–Trinajstić information content (AvgIpc) is 2.55. The van der Waals surface area contributed by atoms with Crippen LogP contribution in [-0.2, 0) is 9.53 Å². The molecule has 1 aromatic rings. The van der Waals surface area contributed by atoms with Crippen molar-refractivity contribution in [3.63, 3.8) is 0 Å². The maximum Gasteiger partial charge on any atom is 0.311 e. The van der Waals surface area contributed by atoms with Gasteiger partial charge in [-0.2, -0.15) is 0 Å². The van der Waals surface area contributed by atoms with Crippen molar-refractivity contribution < 1.29 is 31.4 Å². The molecule has 1 atom stereocenters. The van der Waals surface area contributed by atoms with Crippen molar-refractivity contribution in [3.8, 4) is 0 Å². The molecule has 1 aromatic carbocycles. The lowest BCUT2D eigenvalue weighted by molar-refractivity contribution is -0.858. The van der Waals surface area contributed by atoms with E-state index >= 15 is 0 Å². The van der Waals surface area contributed by atoms with Crippen LogP contribution in [0.5, 0.6) is 0 Å². The van der Waals surface area contributed by atoms with Gasteiger partial charge in [-0.05, 0) is 38.2 Å². The van der Waals surface area contributed by atoms with Crippen molar-refractivity contribution in [2.75, 3.05) is 27.2 Å². The minimum atomic E-state index is -0.332. The Kier molecular flexibility index (Phi) is 14.2. The molecule has 0 aliphatic rings. The lowest BCUT2D eigenvalue weighted by Gasteiger charge is -2.20. The van der Waals surface area contributed by atoms with Gasteiger partial charge in [-0.25, -0.2) is 0 Å². The SMILES string of the molecule is CCC(C)(C)C(=O)OCC[NH+](C)C.CCC(C)c1ccccc1.[Br-]. The molecule has 3 nitrogen and oxygen atoms in total. The number of carbonyl (C=O) groups excluding carboxylic acids is 1. The first-order valence-corrected chi connectivity index (χ1v) is 8.75. The quantitative estimate of drug-likeness (QED) is 0.666. The summed E-state index contributed by atoms with van der Waals surface area (Å²) in [4.78, 5) is 12.7. The standard InChI is InChI=1S/C10H21NO2.C10H14.BrH/c1-6-10(2,3)9(12)13-8-7-11(4)5;1-3-9(2)10-7-5-4-6-8-10;/h6-8H2,1-5H3;4-9H,3H2,1-2H3;1H. The number of hydrogen-bond acceptors (Lipinski definition) is 2. The van der Waals surface area contributed by atoms with Crippen molar-refractivity contribution in [3.05, 3.63) is 35.9 Å². The van der Waals surface area contributed by atoms with E-state index in [1.54, 1.807) is 0 Å². The number of ether oxygens (including phenoxy) is 1. The Bertz CT molecular complexity index is 433. The number of benzene rings is 1. The Morgan fingerprint density at radius 2 is 1.71 bits per heavy atom. The van der Waals surface area contributed by atoms with Gasteiger partial charge in [0.2, 0.25) is 0 Å². The van der Waals surface area contributed by atoms with E-state index in [1.807, 2.05) is 34.9 Å². The van der Waals surface area contributed by atoms with Gasteiger partial charge in [0.15, 0.2) is 0 Å². The van der Waals surface area contributed by atoms with Gasteiger partial charge in [0.25, 0.3) is 0 Å². The fraction of sp³-hybridized carbons (Fsp3) is 0.650. The molecule has 0 amide bonds. The summed E-state index contributed by atoms with van der Waals surface area (Å²) >= 11 is 0. The second-order valence-electron chi connectivity index (χ2n) is 7.05. The van der Waals surface area contributed by atoms with Gasteiger partial charge in [0.05, 0.1) is 19.5 Å². The van der Waals surface area contributed by atoms with Gasteiger partial charge in [-0.1, -0.05) is 51.1 Å². The van der Waals surface area contributed by atoms with E-state index in [0.29, 0.717) is 12.5 Å². The third kappa shape index (κ3) is 10.8. The van der Waals surface area contributed by atoms with Gasteiger partial charge < -0.3 is 26.6 Å². The van der Waals surface area contributed by atoms with Gasteiger partial charge >= 0.3 is 5.97 Å². The molecule has 4 heteroatoms. The van der Waals surface area contributed by atoms with Crippen LogP contribution in [0.2, 0.25) is 0 Å². The number of hydrogen-bond donors (Lipinski definition) is 1. The normalized spacial score (nSPS) is 11.8. The van der Waals surface area contributed by atoms with Crippen LogP contribution in [0.25, 0.3) is 0 Å². The van der Waals surface area contributed by atoms with Crippen molar-refractivity contribution in [1.82, 2.24) is 0 Å². The molecule has 1 N–H and O–H groups in total. The molecule has 1 rings (SSSR count). The van der Waals surface area contributed by atoms with Crippen LogP contribution in [0.1, 0.15) is 58.9 Å². The molecule has 0 spiro atoms. The Labute approximate surface area is 159 Å². The van der Waals surface area contributed by atoms with Crippen LogP contribution in [0.15, 0.2) is 30.3 Å². The van der Waals surface area contributed by atoms with Crippen LogP contribution < -0.4 is 21.9 Å². The number of halogens is 1. The highest BCUT2D eigenvalue weighted by Gasteiger charge is 2.26. The highest BCUT2D eigenvalue weighted by atomic mass is 79.9. The predicted molar refractivity (Wildman–Crippen MR) is 97.9 cm³/mol. The first kappa shape index (κ1) is 25.4. The Morgan fingerprint density at radius 3 is 2.12 bits per heavy atom. The van der Waals surface area contributed by atoms with Crippen LogP contribution >= 0.6 is 0 Å². The highest BCUT2D eigenvalue weighted by molar-refractivity contribution is 5.75. The van der Waals surface area contributed by atoms with Crippen LogP contribution in [-0.4, -0.2) is 33.2 Å². The van der Waals surface area contributed by atoms with Crippen LogP contribution in [0.3, 0.4) is 0 Å². The lowest BCUT2D eigenvalue weighted by Crippen LogP contribution is -3.06. The van der Waals surface area contributed by atoms with Gasteiger partial charge in [-0.15, -0.1) is 0 Å². The van der Waals surface area contributed by atoms with E-state index in [4.69, 9.17) is 4.74 Å². The summed E-state index contributed by atoms with van der Waals surface area (Å²) in [7, 11) is 4.08. The van der Waals surface area contributed by atoms with Gasteiger partial charge in [-0.3, -0.25) is 4.79 Å². The van der Waals surface area contributed by atoms with Gasteiger partial charge in [0, 0.05) is 0 Å². The highest BCUT2D eigenvalue weighted by Crippen LogP contribution is 2.21. The molecule has 140 valence electrons. The summed E-state index contributed by atoms with van der Waals surface area (Å²) < 4.78 is 5.15. The second kappa shape index (κ2) is 13.4. The largest absolute Gasteiger partial charge is 1.00 e. The molecule has 1 unspecified atom stereocenters. The number of likely N-dealkylation sites (N-methyl/N-ethyl adjacent to an activating group) is 1. The van der Waals surface area contributed by atoms with Crippen molar-refractivity contribution in [2.24, 2.45) is 5.41 Å². The number of nitrogens with one attached hydrogen (secondary N) is 1. The fourth-order valence-electron chi connectivity index (χ4n) is 1.70. The maximum atomic E-state index is 11.4. The first-order chi connectivity index (χ1) is 10.7. The molecule has 0 aromatic heterocycles. The van der Waals surface area contributed by atoms with E-state index in [1.165, 1.54) is 16.9 Å². The topological polar surface area (TPSA) is 30.7 Å². The molecule has 0 bridgehead atoms. The molecule has 0 aliphatic carbocycles. The zero-order valence-electron chi connectivity index (χ0n) is 16.5. The molecule has 0 radical (unpaired) electrons. The number of quaternary nitrogens is 1. The molecule has 0 saturated heterocycles. The molecule has 0 aliphatic heterocycles. The minimum absolute atomic E-state index is 0. The average molecular weight is 402 g/mol. The van der Waals surface area contributed by atoms with E-state index in [-0.39, 0.29) is 28.4 Å². The number of rotatable bonds is 7. The third-order valence-corrected chi connectivity index (χ3v) is 4.25. The van der Waals surface area contributed by atoms with Gasteiger partial charge in [0.1, 0.15) is 13.2 Å². The Morgan fingerprint density at radius 1 is 1.17 bits per heavy atom. The van der Waals surface area contributed by atoms with Crippen molar-refractivity contribution >= 4 is 5.97 Å². The molecular formula is C20H36BrNO2. The van der Waals surface area contributed by atoms with E-state index in [2.05, 4.69) is 44.2 Å². The second-order valence-corrected chi connectivity index (χ2v) is 7.05. The summed E-state index contributed by atoms with van der Waals surface area (Å²) in [6.45, 7) is 11.7. The summed E-state index contributed by atoms with van der Waals surface area (Å²) in [5.74, 6) is 0.623. The van der Waals surface area contributed by atoms with Crippen molar-refractivity contribution in [1.29, 1.82) is 0 Å². The zero-order chi connectivity index (χ0) is 17.9. The molecule has 24 heavy (non-hydrogen) atoms. The van der Waals surface area contributed by atoms with Crippen LogP contribution in [0.4, 0.5) is 0 Å². The lowest BCUT2D eigenvalue weighted by atomic mass is 9.91. The molecule has 0 saturated carbocycles. The third-order valence-electron chi connectivity index (χ3n) is 4.25. The number of esters is 1. The first-order valence-electron chi connectivity index (χ1n) is 8.75. The van der Waals surface area contributed by atoms with Crippen LogP contribution in [0, 0.1) is 5.41 Å². The molecule has 0 heterocycles. The van der Waals surface area contributed by atoms with E-state index in [9.17, 15) is 4.79 Å². The summed E-state index contributed by atoms with van der Waals surface area (Å²) in [6.07, 6.45) is 2.05. The Hall–Kier alpha value is -0.870. The van der Waals surface area contributed by atoms with E-state index < -0.39 is 0 Å². The monoisotopic (exact) mass is 401 g/mol. The summed E-state index contributed by atoms with van der Waals surface area (Å²) in [5.41, 5.74) is 1.12. The zero-order valence-corrected chi connectivity index (χ0v) is 18.1. The summed E-state index contributed by atoms with van der Waals surface area (Å²) in [6, 6.07) is 10.6. The minimum Gasteiger partial charge on any atom is -1.00 e. The van der Waals surface area contributed by atoms with Crippen molar-refractivity contribution in [2.45, 2.75) is 53.4 Å². The number of carbonyl (C=O) groups is 1. The molecular weight excluding hydrogens is 366 g/mol. The Balaban J connectivity index is 0. The predicted octanol–water partition coefficient (Wildman–Crippen LogP) is 0.314. The fourth-order valence-corrected chi connectivity index (χ4v) is 1.70. The smallest absolute Gasteiger partial charge is 0.311 e.